The highest BCUT2D eigenvalue weighted by molar-refractivity contribution is 5.43. The first-order valence-electron chi connectivity index (χ1n) is 5.43. The molecule has 2 atom stereocenters. The van der Waals surface area contributed by atoms with E-state index in [1.54, 1.807) is 12.1 Å². The van der Waals surface area contributed by atoms with Gasteiger partial charge in [0.15, 0.2) is 5.65 Å². The molecule has 17 heavy (non-hydrogen) atoms. The van der Waals surface area contributed by atoms with E-state index in [2.05, 4.69) is 20.6 Å². The number of aliphatic hydroxyl groups excluding tert-OH is 1. The van der Waals surface area contributed by atoms with Crippen LogP contribution in [-0.4, -0.2) is 37.6 Å². The maximum Gasteiger partial charge on any atom is 0.364 e. The van der Waals surface area contributed by atoms with Crippen molar-refractivity contribution in [1.82, 2.24) is 19.8 Å². The van der Waals surface area contributed by atoms with Crippen molar-refractivity contribution in [3.8, 4) is 0 Å². The van der Waals surface area contributed by atoms with E-state index in [1.807, 2.05) is 13.8 Å². The Morgan fingerprint density at radius 2 is 2.29 bits per heavy atom. The Morgan fingerprint density at radius 1 is 1.53 bits per heavy atom. The third-order valence-electron chi connectivity index (χ3n) is 2.79. The maximum atomic E-state index is 11.3. The summed E-state index contributed by atoms with van der Waals surface area (Å²) in [6, 6.07) is 3.51. The highest BCUT2D eigenvalue weighted by Crippen LogP contribution is 2.09. The Bertz CT molecular complexity index is 561. The lowest BCUT2D eigenvalue weighted by Gasteiger charge is -2.19. The van der Waals surface area contributed by atoms with E-state index in [-0.39, 0.29) is 24.3 Å². The minimum atomic E-state index is -0.369. The number of aromatic nitrogens is 4. The topological polar surface area (TPSA) is 95.3 Å². The van der Waals surface area contributed by atoms with Gasteiger partial charge in [0.25, 0.3) is 0 Å². The number of aliphatic hydroxyl groups is 1. The lowest BCUT2D eigenvalue weighted by Crippen LogP contribution is -2.27. The van der Waals surface area contributed by atoms with Crippen LogP contribution in [0.5, 0.6) is 0 Å². The first-order chi connectivity index (χ1) is 8.11. The summed E-state index contributed by atoms with van der Waals surface area (Å²) in [5.74, 6) is 0.683. The smallest absolute Gasteiger partial charge is 0.364 e. The van der Waals surface area contributed by atoms with Crippen LogP contribution in [0.4, 0.5) is 5.82 Å². The second-order valence-corrected chi connectivity index (χ2v) is 4.11. The van der Waals surface area contributed by atoms with Crippen LogP contribution in [0.3, 0.4) is 0 Å². The van der Waals surface area contributed by atoms with E-state index in [0.717, 1.165) is 0 Å². The highest BCUT2D eigenvalue weighted by atomic mass is 16.3. The van der Waals surface area contributed by atoms with E-state index >= 15 is 0 Å². The molecule has 0 spiro atoms. The molecule has 7 nitrogen and oxygen atoms in total. The third-order valence-corrected chi connectivity index (χ3v) is 2.79. The fourth-order valence-electron chi connectivity index (χ4n) is 1.41. The van der Waals surface area contributed by atoms with Gasteiger partial charge in [-0.2, -0.15) is 9.61 Å². The van der Waals surface area contributed by atoms with Crippen molar-refractivity contribution in [2.24, 2.45) is 5.92 Å². The maximum absolute atomic E-state index is 11.3. The molecular weight excluding hydrogens is 222 g/mol. The van der Waals surface area contributed by atoms with Gasteiger partial charge in [-0.25, -0.2) is 9.89 Å². The van der Waals surface area contributed by atoms with Gasteiger partial charge in [0.05, 0.1) is 0 Å². The SMILES string of the molecule is CC(CO)C(C)Nc1ccc2n[nH]c(=O)n2n1. The molecule has 0 bridgehead atoms. The summed E-state index contributed by atoms with van der Waals surface area (Å²) in [6.45, 7) is 3.98. The van der Waals surface area contributed by atoms with Crippen molar-refractivity contribution < 1.29 is 5.11 Å². The number of anilines is 1. The Hall–Kier alpha value is -1.89. The van der Waals surface area contributed by atoms with Gasteiger partial charge in [0.2, 0.25) is 0 Å². The zero-order chi connectivity index (χ0) is 12.4. The van der Waals surface area contributed by atoms with Crippen molar-refractivity contribution >= 4 is 11.5 Å². The molecule has 2 rings (SSSR count). The van der Waals surface area contributed by atoms with Gasteiger partial charge in [0, 0.05) is 12.6 Å². The Morgan fingerprint density at radius 3 is 3.00 bits per heavy atom. The number of hydrogen-bond acceptors (Lipinski definition) is 5. The number of H-pyrrole nitrogens is 1. The van der Waals surface area contributed by atoms with Crippen LogP contribution in [0.15, 0.2) is 16.9 Å². The van der Waals surface area contributed by atoms with Crippen LogP contribution < -0.4 is 11.0 Å². The summed E-state index contributed by atoms with van der Waals surface area (Å²) in [7, 11) is 0. The fourth-order valence-corrected chi connectivity index (χ4v) is 1.41. The predicted octanol–water partition coefficient (Wildman–Crippen LogP) is -0.154. The van der Waals surface area contributed by atoms with Gasteiger partial charge in [-0.3, -0.25) is 0 Å². The van der Waals surface area contributed by atoms with E-state index in [1.165, 1.54) is 4.52 Å². The number of nitrogens with one attached hydrogen (secondary N) is 2. The lowest BCUT2D eigenvalue weighted by molar-refractivity contribution is 0.226. The predicted molar refractivity (Wildman–Crippen MR) is 62.9 cm³/mol. The van der Waals surface area contributed by atoms with E-state index in [9.17, 15) is 4.79 Å². The summed E-state index contributed by atoms with van der Waals surface area (Å²) in [4.78, 5) is 11.3. The zero-order valence-electron chi connectivity index (χ0n) is 9.71. The van der Waals surface area contributed by atoms with Gasteiger partial charge in [-0.05, 0) is 25.0 Å². The highest BCUT2D eigenvalue weighted by Gasteiger charge is 2.12. The van der Waals surface area contributed by atoms with Crippen LogP contribution in [-0.2, 0) is 0 Å². The van der Waals surface area contributed by atoms with Crippen molar-refractivity contribution in [1.29, 1.82) is 0 Å². The molecule has 0 amide bonds. The van der Waals surface area contributed by atoms with Crippen LogP contribution in [0.2, 0.25) is 0 Å². The number of nitrogens with zero attached hydrogens (tertiary/aromatic N) is 3. The molecule has 2 aromatic rings. The minimum absolute atomic E-state index is 0.0625. The second-order valence-electron chi connectivity index (χ2n) is 4.11. The Labute approximate surface area is 97.5 Å². The van der Waals surface area contributed by atoms with Crippen molar-refractivity contribution in [3.63, 3.8) is 0 Å². The number of hydrogen-bond donors (Lipinski definition) is 3. The number of fused-ring (bicyclic) bond motifs is 1. The standard InChI is InChI=1S/C10H15N5O2/c1-6(5-16)7(2)11-8-3-4-9-12-13-10(17)15(9)14-8/h3-4,6-7,16H,5H2,1-2H3,(H,11,14)(H,13,17). The normalized spacial score (nSPS) is 14.8. The third kappa shape index (κ3) is 2.28. The second kappa shape index (κ2) is 4.54. The molecular formula is C10H15N5O2. The van der Waals surface area contributed by atoms with Crippen LogP contribution in [0.1, 0.15) is 13.8 Å². The fraction of sp³-hybridized carbons (Fsp3) is 0.500. The Kier molecular flexibility index (Phi) is 3.10. The van der Waals surface area contributed by atoms with E-state index < -0.39 is 0 Å². The molecule has 0 aromatic carbocycles. The molecule has 0 aliphatic heterocycles. The lowest BCUT2D eigenvalue weighted by atomic mass is 10.1. The van der Waals surface area contributed by atoms with Gasteiger partial charge in [-0.1, -0.05) is 6.92 Å². The van der Waals surface area contributed by atoms with Crippen molar-refractivity contribution in [2.45, 2.75) is 19.9 Å². The van der Waals surface area contributed by atoms with Gasteiger partial charge in [0.1, 0.15) is 5.82 Å². The van der Waals surface area contributed by atoms with Gasteiger partial charge in [-0.15, -0.1) is 5.10 Å². The van der Waals surface area contributed by atoms with Crippen LogP contribution in [0, 0.1) is 5.92 Å². The van der Waals surface area contributed by atoms with Crippen molar-refractivity contribution in [3.05, 3.63) is 22.6 Å². The molecule has 3 N–H and O–H groups in total. The van der Waals surface area contributed by atoms with E-state index in [4.69, 9.17) is 5.11 Å². The average molecular weight is 237 g/mol. The average Bonchev–Trinajstić information content (AvgIpc) is 2.70. The summed E-state index contributed by atoms with van der Waals surface area (Å²) in [5, 5.41) is 22.4. The number of aromatic amines is 1. The Balaban J connectivity index is 2.24. The molecule has 92 valence electrons. The molecule has 0 saturated carbocycles. The first-order valence-corrected chi connectivity index (χ1v) is 5.43. The van der Waals surface area contributed by atoms with Gasteiger partial charge < -0.3 is 10.4 Å². The van der Waals surface area contributed by atoms with Gasteiger partial charge >= 0.3 is 5.69 Å². The van der Waals surface area contributed by atoms with E-state index in [0.29, 0.717) is 11.5 Å². The molecule has 0 aliphatic carbocycles. The molecule has 2 unspecified atom stereocenters. The zero-order valence-corrected chi connectivity index (χ0v) is 9.71. The monoisotopic (exact) mass is 237 g/mol. The summed E-state index contributed by atoms with van der Waals surface area (Å²) in [6.07, 6.45) is 0. The number of rotatable bonds is 4. The molecule has 0 aliphatic rings. The van der Waals surface area contributed by atoms with Crippen LogP contribution in [0.25, 0.3) is 5.65 Å². The molecule has 0 saturated heterocycles. The molecule has 7 heteroatoms. The molecule has 0 radical (unpaired) electrons. The molecule has 2 heterocycles. The summed E-state index contributed by atoms with van der Waals surface area (Å²) >= 11 is 0. The summed E-state index contributed by atoms with van der Waals surface area (Å²) < 4.78 is 1.19. The molecule has 2 aromatic heterocycles. The van der Waals surface area contributed by atoms with Crippen LogP contribution >= 0.6 is 0 Å². The quantitative estimate of drug-likeness (QED) is 0.687. The molecule has 0 fully saturated rings. The first kappa shape index (κ1) is 11.6. The largest absolute Gasteiger partial charge is 0.396 e. The summed E-state index contributed by atoms with van der Waals surface area (Å²) in [5.41, 5.74) is 0.106. The minimum Gasteiger partial charge on any atom is -0.396 e. The van der Waals surface area contributed by atoms with Crippen molar-refractivity contribution in [2.75, 3.05) is 11.9 Å².